The van der Waals surface area contributed by atoms with Gasteiger partial charge in [-0.2, -0.15) is 0 Å². The van der Waals surface area contributed by atoms with E-state index in [1.165, 1.54) is 0 Å². The van der Waals surface area contributed by atoms with E-state index in [0.29, 0.717) is 17.7 Å². The van der Waals surface area contributed by atoms with E-state index in [9.17, 15) is 9.59 Å². The maximum Gasteiger partial charge on any atom is 0.349 e. The molecule has 114 valence electrons. The smallest absolute Gasteiger partial charge is 0.349 e. The number of hydrogen-bond acceptors (Lipinski definition) is 4. The number of halogens is 1. The Kier molecular flexibility index (Phi) is 6.39. The molecule has 0 saturated carbocycles. The van der Waals surface area contributed by atoms with Crippen molar-refractivity contribution in [3.63, 3.8) is 0 Å². The van der Waals surface area contributed by atoms with Gasteiger partial charge in [-0.25, -0.2) is 4.79 Å². The number of nitrogens with one attached hydrogen (secondary N) is 2. The first-order chi connectivity index (χ1) is 9.65. The third-order valence-electron chi connectivity index (χ3n) is 3.19. The Morgan fingerprint density at radius 1 is 1.24 bits per heavy atom. The van der Waals surface area contributed by atoms with E-state index >= 15 is 0 Å². The molecule has 0 aliphatic carbocycles. The van der Waals surface area contributed by atoms with Crippen LogP contribution in [0.2, 0.25) is 0 Å². The van der Waals surface area contributed by atoms with Crippen molar-refractivity contribution in [1.29, 1.82) is 0 Å². The van der Waals surface area contributed by atoms with Crippen LogP contribution in [0.15, 0.2) is 33.5 Å². The molecule has 0 bridgehead atoms. The maximum absolute atomic E-state index is 12.1. The predicted molar refractivity (Wildman–Crippen MR) is 85.3 cm³/mol. The molecular weight excluding hydrogens is 292 g/mol. The molecule has 1 amide bonds. The number of carbonyl (C=O) groups excluding carboxylic acids is 1. The molecule has 5 nitrogen and oxygen atoms in total. The van der Waals surface area contributed by atoms with E-state index in [1.807, 2.05) is 19.2 Å². The van der Waals surface area contributed by atoms with Gasteiger partial charge in [-0.3, -0.25) is 4.79 Å². The minimum Gasteiger partial charge on any atom is -0.422 e. The molecule has 1 aromatic heterocycles. The van der Waals surface area contributed by atoms with Gasteiger partial charge in [0.1, 0.15) is 11.1 Å². The lowest BCUT2D eigenvalue weighted by Crippen LogP contribution is -2.31. The second-order valence-corrected chi connectivity index (χ2v) is 4.60. The second kappa shape index (κ2) is 7.81. The molecule has 1 aromatic carbocycles. The fraction of sp³-hybridized carbons (Fsp3) is 0.333. The summed E-state index contributed by atoms with van der Waals surface area (Å²) in [5, 5.41) is 6.52. The van der Waals surface area contributed by atoms with E-state index in [2.05, 4.69) is 10.6 Å². The van der Waals surface area contributed by atoms with Crippen LogP contribution in [0.5, 0.6) is 0 Å². The molecule has 0 aliphatic rings. The van der Waals surface area contributed by atoms with Gasteiger partial charge in [-0.15, -0.1) is 12.4 Å². The van der Waals surface area contributed by atoms with Crippen LogP contribution in [-0.2, 0) is 0 Å². The van der Waals surface area contributed by atoms with Crippen molar-refractivity contribution in [1.82, 2.24) is 10.6 Å². The van der Waals surface area contributed by atoms with Gasteiger partial charge in [0, 0.05) is 11.9 Å². The molecule has 2 aromatic rings. The number of carbonyl (C=O) groups is 1. The average Bonchev–Trinajstić information content (AvgIpc) is 2.43. The fourth-order valence-electron chi connectivity index (χ4n) is 2.12. The summed E-state index contributed by atoms with van der Waals surface area (Å²) in [7, 11) is 1.85. The summed E-state index contributed by atoms with van der Waals surface area (Å²) >= 11 is 0. The maximum atomic E-state index is 12.1. The lowest BCUT2D eigenvalue weighted by Gasteiger charge is -2.08. The van der Waals surface area contributed by atoms with Gasteiger partial charge >= 0.3 is 5.63 Å². The number of para-hydroxylation sites is 1. The summed E-state index contributed by atoms with van der Waals surface area (Å²) in [5.74, 6) is -0.377. The fourth-order valence-corrected chi connectivity index (χ4v) is 2.12. The van der Waals surface area contributed by atoms with Crippen molar-refractivity contribution < 1.29 is 9.21 Å². The van der Waals surface area contributed by atoms with E-state index in [4.69, 9.17) is 4.42 Å². The molecule has 1 heterocycles. The molecular formula is C15H19ClN2O3. The number of rotatable bonds is 5. The highest BCUT2D eigenvalue weighted by Gasteiger charge is 2.17. The van der Waals surface area contributed by atoms with E-state index in [1.54, 1.807) is 19.1 Å². The van der Waals surface area contributed by atoms with Crippen LogP contribution in [0, 0.1) is 6.92 Å². The summed E-state index contributed by atoms with van der Waals surface area (Å²) in [6.07, 6.45) is 0.806. The zero-order valence-electron chi connectivity index (χ0n) is 12.1. The van der Waals surface area contributed by atoms with Crippen LogP contribution in [0.25, 0.3) is 11.0 Å². The van der Waals surface area contributed by atoms with Crippen molar-refractivity contribution in [2.24, 2.45) is 0 Å². The number of benzene rings is 1. The standard InChI is InChI=1S/C15H18N2O3.ClH/c1-10-11-6-3-4-7-12(11)20-15(19)13(10)14(18)17-9-5-8-16-2;/h3-4,6-7,16H,5,8-9H2,1-2H3,(H,17,18);1H. The Bertz CT molecular complexity index is 682. The number of fused-ring (bicyclic) bond motifs is 1. The van der Waals surface area contributed by atoms with Gasteiger partial charge in [0.2, 0.25) is 0 Å². The van der Waals surface area contributed by atoms with Crippen LogP contribution in [0.3, 0.4) is 0 Å². The summed E-state index contributed by atoms with van der Waals surface area (Å²) in [6, 6.07) is 7.20. The first-order valence-corrected chi connectivity index (χ1v) is 6.60. The SMILES string of the molecule is CNCCCNC(=O)c1c(C)c2ccccc2oc1=O.Cl. The summed E-state index contributed by atoms with van der Waals surface area (Å²) < 4.78 is 5.19. The Hall–Kier alpha value is -1.85. The number of hydrogen-bond donors (Lipinski definition) is 2. The van der Waals surface area contributed by atoms with E-state index in [0.717, 1.165) is 18.4 Å². The molecule has 0 atom stereocenters. The zero-order chi connectivity index (χ0) is 14.5. The van der Waals surface area contributed by atoms with Gasteiger partial charge < -0.3 is 15.1 Å². The highest BCUT2D eigenvalue weighted by molar-refractivity contribution is 5.99. The molecule has 0 unspecified atom stereocenters. The van der Waals surface area contributed by atoms with Crippen LogP contribution >= 0.6 is 12.4 Å². The summed E-state index contributed by atoms with van der Waals surface area (Å²) in [6.45, 7) is 3.10. The highest BCUT2D eigenvalue weighted by atomic mass is 35.5. The quantitative estimate of drug-likeness (QED) is 0.653. The van der Waals surface area contributed by atoms with Crippen molar-refractivity contribution in [3.05, 3.63) is 45.8 Å². The molecule has 0 aliphatic heterocycles. The molecule has 0 spiro atoms. The first-order valence-electron chi connectivity index (χ1n) is 6.60. The van der Waals surface area contributed by atoms with Crippen molar-refractivity contribution in [2.45, 2.75) is 13.3 Å². The van der Waals surface area contributed by atoms with Gasteiger partial charge in [0.05, 0.1) is 0 Å². The zero-order valence-corrected chi connectivity index (χ0v) is 12.9. The lowest BCUT2D eigenvalue weighted by atomic mass is 10.1. The minimum absolute atomic E-state index is 0. The van der Waals surface area contributed by atoms with E-state index < -0.39 is 5.63 Å². The van der Waals surface area contributed by atoms with Crippen LogP contribution < -0.4 is 16.3 Å². The molecule has 6 heteroatoms. The Balaban J connectivity index is 0.00000220. The van der Waals surface area contributed by atoms with E-state index in [-0.39, 0.29) is 23.9 Å². The molecule has 2 N–H and O–H groups in total. The van der Waals surface area contributed by atoms with Gasteiger partial charge in [-0.1, -0.05) is 18.2 Å². The Labute approximate surface area is 129 Å². The van der Waals surface area contributed by atoms with Crippen LogP contribution in [0.4, 0.5) is 0 Å². The molecule has 21 heavy (non-hydrogen) atoms. The Morgan fingerprint density at radius 2 is 1.95 bits per heavy atom. The largest absolute Gasteiger partial charge is 0.422 e. The van der Waals surface area contributed by atoms with Gasteiger partial charge in [0.15, 0.2) is 0 Å². The summed E-state index contributed by atoms with van der Waals surface area (Å²) in [4.78, 5) is 24.0. The number of aryl methyl sites for hydroxylation is 1. The van der Waals surface area contributed by atoms with Crippen LogP contribution in [-0.4, -0.2) is 26.0 Å². The monoisotopic (exact) mass is 310 g/mol. The topological polar surface area (TPSA) is 71.3 Å². The average molecular weight is 311 g/mol. The first kappa shape index (κ1) is 17.2. The van der Waals surface area contributed by atoms with Crippen molar-refractivity contribution in [3.8, 4) is 0 Å². The van der Waals surface area contributed by atoms with Crippen molar-refractivity contribution in [2.75, 3.05) is 20.1 Å². The van der Waals surface area contributed by atoms with Gasteiger partial charge in [0.25, 0.3) is 5.91 Å². The number of amides is 1. The van der Waals surface area contributed by atoms with Gasteiger partial charge in [-0.05, 0) is 38.6 Å². The molecule has 0 saturated heterocycles. The minimum atomic E-state index is -0.590. The lowest BCUT2D eigenvalue weighted by molar-refractivity contribution is 0.0949. The third kappa shape index (κ3) is 3.83. The predicted octanol–water partition coefficient (Wildman–Crippen LogP) is 1.86. The van der Waals surface area contributed by atoms with Crippen molar-refractivity contribution >= 4 is 29.3 Å². The highest BCUT2D eigenvalue weighted by Crippen LogP contribution is 2.18. The van der Waals surface area contributed by atoms with Crippen LogP contribution in [0.1, 0.15) is 22.3 Å². The molecule has 2 rings (SSSR count). The Morgan fingerprint density at radius 3 is 2.67 bits per heavy atom. The normalized spacial score (nSPS) is 10.2. The third-order valence-corrected chi connectivity index (χ3v) is 3.19. The molecule has 0 fully saturated rings. The summed E-state index contributed by atoms with van der Waals surface area (Å²) in [5.41, 5.74) is 0.658. The molecule has 0 radical (unpaired) electrons. The second-order valence-electron chi connectivity index (χ2n) is 4.60.